The number of ether oxygens (including phenoxy) is 2. The molecule has 29 heavy (non-hydrogen) atoms. The molecule has 1 aromatic heterocycles. The van der Waals surface area contributed by atoms with Crippen LogP contribution in [0.1, 0.15) is 41.1 Å². The van der Waals surface area contributed by atoms with Crippen molar-refractivity contribution in [1.29, 1.82) is 0 Å². The molecule has 0 fully saturated rings. The molecule has 0 aliphatic heterocycles. The Kier molecular flexibility index (Phi) is 7.58. The highest BCUT2D eigenvalue weighted by atomic mass is 35.5. The molecule has 0 spiro atoms. The number of aryl methyl sites for hydroxylation is 1. The van der Waals surface area contributed by atoms with Crippen molar-refractivity contribution < 1.29 is 23.9 Å². The summed E-state index contributed by atoms with van der Waals surface area (Å²) >= 11 is 6.94. The Balaban J connectivity index is 1.85. The lowest BCUT2D eigenvalue weighted by molar-refractivity contribution is -0.123. The van der Waals surface area contributed by atoms with Gasteiger partial charge in [-0.3, -0.25) is 10.1 Å². The molecule has 2 N–H and O–H groups in total. The molecule has 2 rings (SSSR count). The minimum absolute atomic E-state index is 0.174. The smallest absolute Gasteiger partial charge is 0.350 e. The highest BCUT2D eigenvalue weighted by molar-refractivity contribution is 7.13. The molecule has 2 aromatic rings. The second kappa shape index (κ2) is 9.71. The van der Waals surface area contributed by atoms with Gasteiger partial charge in [0.25, 0.3) is 5.91 Å². The van der Waals surface area contributed by atoms with E-state index in [4.69, 9.17) is 21.1 Å². The van der Waals surface area contributed by atoms with Crippen LogP contribution >= 0.6 is 22.9 Å². The van der Waals surface area contributed by atoms with Gasteiger partial charge in [-0.05, 0) is 52.0 Å². The third-order valence-electron chi connectivity index (χ3n) is 3.28. The van der Waals surface area contributed by atoms with Gasteiger partial charge in [0.2, 0.25) is 0 Å². The first-order valence-electron chi connectivity index (χ1n) is 8.67. The van der Waals surface area contributed by atoms with Crippen molar-refractivity contribution in [1.82, 2.24) is 15.6 Å². The predicted octanol–water partition coefficient (Wildman–Crippen LogP) is 3.47. The summed E-state index contributed by atoms with van der Waals surface area (Å²) < 4.78 is 10.6. The molecular formula is C19H22ClN3O5S. The van der Waals surface area contributed by atoms with E-state index < -0.39 is 30.1 Å². The zero-order chi connectivity index (χ0) is 21.6. The Hall–Kier alpha value is -2.65. The standard InChI is InChI=1S/C19H22ClN3O5S/c1-11-16(17(25)28-9-14(24)22-18(26)23-19(2,3)4)29-15(21-11)10-27-13-7-5-12(20)6-8-13/h5-8H,9-10H2,1-4H3,(H2,22,23,24,26). The van der Waals surface area contributed by atoms with Crippen LogP contribution in [0.3, 0.4) is 0 Å². The van der Waals surface area contributed by atoms with Crippen molar-refractivity contribution in [3.63, 3.8) is 0 Å². The molecule has 0 aliphatic carbocycles. The van der Waals surface area contributed by atoms with E-state index in [-0.39, 0.29) is 11.5 Å². The van der Waals surface area contributed by atoms with Gasteiger partial charge < -0.3 is 14.8 Å². The summed E-state index contributed by atoms with van der Waals surface area (Å²) in [5.41, 5.74) is -0.0220. The monoisotopic (exact) mass is 439 g/mol. The maximum Gasteiger partial charge on any atom is 0.350 e. The Bertz CT molecular complexity index is 890. The molecule has 0 atom stereocenters. The molecule has 8 nitrogen and oxygen atoms in total. The summed E-state index contributed by atoms with van der Waals surface area (Å²) in [6, 6.07) is 6.21. The van der Waals surface area contributed by atoms with E-state index in [1.807, 2.05) is 0 Å². The number of esters is 1. The van der Waals surface area contributed by atoms with Crippen LogP contribution in [0.2, 0.25) is 5.02 Å². The number of halogens is 1. The first-order valence-corrected chi connectivity index (χ1v) is 9.87. The number of amides is 3. The van der Waals surface area contributed by atoms with Crippen LogP contribution in [0.5, 0.6) is 5.75 Å². The summed E-state index contributed by atoms with van der Waals surface area (Å²) in [5, 5.41) is 5.86. The molecule has 0 radical (unpaired) electrons. The van der Waals surface area contributed by atoms with Crippen molar-refractivity contribution in [3.05, 3.63) is 44.9 Å². The molecule has 0 saturated heterocycles. The van der Waals surface area contributed by atoms with Crippen LogP contribution in [0, 0.1) is 6.92 Å². The van der Waals surface area contributed by atoms with Gasteiger partial charge in [0, 0.05) is 10.6 Å². The summed E-state index contributed by atoms with van der Waals surface area (Å²) in [6.45, 7) is 6.58. The van der Waals surface area contributed by atoms with Crippen molar-refractivity contribution in [3.8, 4) is 5.75 Å². The van der Waals surface area contributed by atoms with Gasteiger partial charge in [-0.25, -0.2) is 14.6 Å². The first-order chi connectivity index (χ1) is 13.5. The van der Waals surface area contributed by atoms with E-state index in [0.29, 0.717) is 21.5 Å². The largest absolute Gasteiger partial charge is 0.486 e. The highest BCUT2D eigenvalue weighted by Crippen LogP contribution is 2.22. The molecule has 3 amide bonds. The van der Waals surface area contributed by atoms with E-state index in [2.05, 4.69) is 15.6 Å². The second-order valence-corrected chi connectivity index (χ2v) is 8.61. The topological polar surface area (TPSA) is 107 Å². The van der Waals surface area contributed by atoms with E-state index >= 15 is 0 Å². The highest BCUT2D eigenvalue weighted by Gasteiger charge is 2.20. The lowest BCUT2D eigenvalue weighted by atomic mass is 10.1. The average molecular weight is 440 g/mol. The second-order valence-electron chi connectivity index (χ2n) is 7.09. The number of urea groups is 1. The van der Waals surface area contributed by atoms with Gasteiger partial charge in [-0.2, -0.15) is 0 Å². The summed E-state index contributed by atoms with van der Waals surface area (Å²) in [4.78, 5) is 40.2. The number of hydrogen-bond donors (Lipinski definition) is 2. The normalized spacial score (nSPS) is 10.9. The van der Waals surface area contributed by atoms with Crippen LogP contribution in [0.4, 0.5) is 4.79 Å². The number of benzene rings is 1. The molecule has 0 bridgehead atoms. The van der Waals surface area contributed by atoms with Gasteiger partial charge in [0.1, 0.15) is 22.2 Å². The molecular weight excluding hydrogens is 418 g/mol. The number of carbonyl (C=O) groups is 3. The number of carbonyl (C=O) groups excluding carboxylic acids is 3. The zero-order valence-corrected chi connectivity index (χ0v) is 18.1. The minimum atomic E-state index is -0.728. The average Bonchev–Trinajstić information content (AvgIpc) is 2.98. The number of hydrogen-bond acceptors (Lipinski definition) is 7. The first kappa shape index (κ1) is 22.6. The summed E-state index contributed by atoms with van der Waals surface area (Å²) in [5.74, 6) is -0.797. The lowest BCUT2D eigenvalue weighted by Crippen LogP contribution is -2.49. The molecule has 0 aliphatic rings. The van der Waals surface area contributed by atoms with Crippen molar-refractivity contribution in [2.24, 2.45) is 0 Å². The van der Waals surface area contributed by atoms with Gasteiger partial charge in [-0.15, -0.1) is 11.3 Å². The van der Waals surface area contributed by atoms with Crippen molar-refractivity contribution >= 4 is 40.8 Å². The van der Waals surface area contributed by atoms with Gasteiger partial charge in [-0.1, -0.05) is 11.6 Å². The molecule has 0 saturated carbocycles. The number of nitrogens with zero attached hydrogens (tertiary/aromatic N) is 1. The van der Waals surface area contributed by atoms with Crippen LogP contribution in [-0.2, 0) is 16.1 Å². The third-order valence-corrected chi connectivity index (χ3v) is 4.64. The summed E-state index contributed by atoms with van der Waals surface area (Å²) in [7, 11) is 0. The fourth-order valence-corrected chi connectivity index (χ4v) is 3.11. The Labute approximate surface area is 177 Å². The Morgan fingerprint density at radius 2 is 1.83 bits per heavy atom. The van der Waals surface area contributed by atoms with E-state index in [0.717, 1.165) is 11.3 Å². The van der Waals surface area contributed by atoms with Gasteiger partial charge in [0.05, 0.1) is 5.69 Å². The van der Waals surface area contributed by atoms with Crippen molar-refractivity contribution in [2.75, 3.05) is 6.61 Å². The number of nitrogens with one attached hydrogen (secondary N) is 2. The molecule has 10 heteroatoms. The Morgan fingerprint density at radius 1 is 1.17 bits per heavy atom. The molecule has 156 valence electrons. The number of aromatic nitrogens is 1. The predicted molar refractivity (Wildman–Crippen MR) is 109 cm³/mol. The maximum absolute atomic E-state index is 12.2. The van der Waals surface area contributed by atoms with E-state index in [1.165, 1.54) is 0 Å². The number of thiazole rings is 1. The maximum atomic E-state index is 12.2. The SMILES string of the molecule is Cc1nc(COc2ccc(Cl)cc2)sc1C(=O)OCC(=O)NC(=O)NC(C)(C)C. The number of imide groups is 1. The molecule has 1 heterocycles. The molecule has 1 aromatic carbocycles. The Morgan fingerprint density at radius 3 is 2.45 bits per heavy atom. The van der Waals surface area contributed by atoms with Crippen LogP contribution in [-0.4, -0.2) is 35.0 Å². The van der Waals surface area contributed by atoms with Crippen LogP contribution < -0.4 is 15.4 Å². The van der Waals surface area contributed by atoms with E-state index in [9.17, 15) is 14.4 Å². The number of rotatable bonds is 6. The van der Waals surface area contributed by atoms with Crippen molar-refractivity contribution in [2.45, 2.75) is 39.8 Å². The minimum Gasteiger partial charge on any atom is -0.486 e. The van der Waals surface area contributed by atoms with E-state index in [1.54, 1.807) is 52.0 Å². The third kappa shape index (κ3) is 7.71. The van der Waals surface area contributed by atoms with Crippen LogP contribution in [0.25, 0.3) is 0 Å². The lowest BCUT2D eigenvalue weighted by Gasteiger charge is -2.20. The van der Waals surface area contributed by atoms with Gasteiger partial charge >= 0.3 is 12.0 Å². The summed E-state index contributed by atoms with van der Waals surface area (Å²) in [6.07, 6.45) is 0. The molecule has 0 unspecified atom stereocenters. The van der Waals surface area contributed by atoms with Gasteiger partial charge in [0.15, 0.2) is 6.61 Å². The quantitative estimate of drug-likeness (QED) is 0.667. The fourth-order valence-electron chi connectivity index (χ4n) is 2.11. The van der Waals surface area contributed by atoms with Crippen LogP contribution in [0.15, 0.2) is 24.3 Å². The fraction of sp³-hybridized carbons (Fsp3) is 0.368. The zero-order valence-electron chi connectivity index (χ0n) is 16.5.